The maximum absolute atomic E-state index is 11.2. The van der Waals surface area contributed by atoms with Crippen LogP contribution in [0.2, 0.25) is 0 Å². The van der Waals surface area contributed by atoms with Crippen molar-refractivity contribution in [3.63, 3.8) is 0 Å². The molecule has 4 heteroatoms. The summed E-state index contributed by atoms with van der Waals surface area (Å²) in [5, 5.41) is 13.0. The fourth-order valence-electron chi connectivity index (χ4n) is 4.13. The van der Waals surface area contributed by atoms with Gasteiger partial charge in [-0.15, -0.1) is 0 Å². The Balaban J connectivity index is 1.66. The van der Waals surface area contributed by atoms with E-state index in [1.807, 2.05) is 12.1 Å². The summed E-state index contributed by atoms with van der Waals surface area (Å²) in [5.74, 6) is -0.871. The first-order valence-corrected chi connectivity index (χ1v) is 8.60. The van der Waals surface area contributed by atoms with Crippen molar-refractivity contribution in [2.75, 3.05) is 16.8 Å². The van der Waals surface area contributed by atoms with Crippen molar-refractivity contribution in [1.82, 2.24) is 0 Å². The highest BCUT2D eigenvalue weighted by Gasteiger charge is 2.39. The molecule has 0 radical (unpaired) electrons. The third-order valence-corrected chi connectivity index (χ3v) is 5.25. The second-order valence-corrected chi connectivity index (χ2v) is 6.99. The molecule has 24 heavy (non-hydrogen) atoms. The first-order chi connectivity index (χ1) is 11.7. The molecule has 1 fully saturated rings. The van der Waals surface area contributed by atoms with E-state index < -0.39 is 5.97 Å². The molecular weight excluding hydrogens is 300 g/mol. The molecule has 2 N–H and O–H groups in total. The third-order valence-electron chi connectivity index (χ3n) is 5.25. The van der Waals surface area contributed by atoms with Crippen LogP contribution in [0.1, 0.15) is 41.6 Å². The molecule has 1 aliphatic carbocycles. The van der Waals surface area contributed by atoms with Gasteiger partial charge in [0.15, 0.2) is 0 Å². The lowest BCUT2D eigenvalue weighted by molar-refractivity contribution is 0.0696. The Morgan fingerprint density at radius 3 is 2.71 bits per heavy atom. The molecule has 1 aliphatic heterocycles. The fraction of sp³-hybridized carbons (Fsp3) is 0.350. The van der Waals surface area contributed by atoms with E-state index in [4.69, 9.17) is 0 Å². The molecule has 0 atom stereocenters. The summed E-state index contributed by atoms with van der Waals surface area (Å²) in [6.07, 6.45) is 4.95. The summed E-state index contributed by atoms with van der Waals surface area (Å²) < 4.78 is 0. The predicted molar refractivity (Wildman–Crippen MR) is 95.7 cm³/mol. The molecule has 124 valence electrons. The number of para-hydroxylation sites is 2. The van der Waals surface area contributed by atoms with E-state index in [1.165, 1.54) is 37.1 Å². The van der Waals surface area contributed by atoms with E-state index in [1.54, 1.807) is 12.1 Å². The Morgan fingerprint density at radius 1 is 1.12 bits per heavy atom. The number of anilines is 2. The molecule has 0 amide bonds. The summed E-state index contributed by atoms with van der Waals surface area (Å²) in [5.41, 5.74) is 3.96. The minimum atomic E-state index is -0.871. The number of hydrogen-bond donors (Lipinski definition) is 2. The first kappa shape index (κ1) is 15.1. The van der Waals surface area contributed by atoms with E-state index in [-0.39, 0.29) is 5.54 Å². The quantitative estimate of drug-likeness (QED) is 0.892. The van der Waals surface area contributed by atoms with Gasteiger partial charge in [0.25, 0.3) is 0 Å². The van der Waals surface area contributed by atoms with Gasteiger partial charge in [-0.3, -0.25) is 0 Å². The number of rotatable bonds is 3. The number of nitrogens with zero attached hydrogens (tertiary/aromatic N) is 1. The van der Waals surface area contributed by atoms with Crippen molar-refractivity contribution >= 4 is 17.3 Å². The minimum Gasteiger partial charge on any atom is -0.478 e. The van der Waals surface area contributed by atoms with Gasteiger partial charge in [-0.25, -0.2) is 4.79 Å². The standard InChI is InChI=1S/C20H22N2O2/c23-19(24)16-7-5-6-15(12-16)13-22-14-20(10-3-4-11-20)21-17-8-1-2-9-18(17)22/h1-2,5-9,12,21H,3-4,10-11,13-14H2,(H,23,24). The van der Waals surface area contributed by atoms with Gasteiger partial charge in [0, 0.05) is 13.1 Å². The zero-order valence-electron chi connectivity index (χ0n) is 13.7. The molecule has 2 aromatic rings. The average Bonchev–Trinajstić information content (AvgIpc) is 3.02. The molecule has 1 spiro atoms. The summed E-state index contributed by atoms with van der Waals surface area (Å²) in [6, 6.07) is 15.7. The normalized spacial score (nSPS) is 18.2. The van der Waals surface area contributed by atoms with E-state index in [9.17, 15) is 9.90 Å². The molecule has 4 rings (SSSR count). The molecule has 1 heterocycles. The Hall–Kier alpha value is -2.49. The summed E-state index contributed by atoms with van der Waals surface area (Å²) in [6.45, 7) is 1.71. The number of aromatic carboxylic acids is 1. The predicted octanol–water partition coefficient (Wildman–Crippen LogP) is 4.13. The number of benzene rings is 2. The van der Waals surface area contributed by atoms with Gasteiger partial charge in [0.2, 0.25) is 0 Å². The molecule has 4 nitrogen and oxygen atoms in total. The zero-order chi connectivity index (χ0) is 16.6. The monoisotopic (exact) mass is 322 g/mol. The van der Waals surface area contributed by atoms with Crippen molar-refractivity contribution in [2.45, 2.75) is 37.8 Å². The average molecular weight is 322 g/mol. The molecule has 0 unspecified atom stereocenters. The van der Waals surface area contributed by atoms with E-state index >= 15 is 0 Å². The number of hydrogen-bond acceptors (Lipinski definition) is 3. The lowest BCUT2D eigenvalue weighted by Gasteiger charge is -2.44. The van der Waals surface area contributed by atoms with Crippen LogP contribution < -0.4 is 10.2 Å². The number of fused-ring (bicyclic) bond motifs is 1. The van der Waals surface area contributed by atoms with Crippen LogP contribution >= 0.6 is 0 Å². The fourth-order valence-corrected chi connectivity index (χ4v) is 4.13. The van der Waals surface area contributed by atoms with Gasteiger partial charge >= 0.3 is 5.97 Å². The Morgan fingerprint density at radius 2 is 1.92 bits per heavy atom. The van der Waals surface area contributed by atoms with Gasteiger partial charge < -0.3 is 15.3 Å². The van der Waals surface area contributed by atoms with Crippen LogP contribution in [0.25, 0.3) is 0 Å². The van der Waals surface area contributed by atoms with Crippen LogP contribution in [0, 0.1) is 0 Å². The maximum Gasteiger partial charge on any atom is 0.335 e. The molecule has 2 aliphatic rings. The molecular formula is C20H22N2O2. The lowest BCUT2D eigenvalue weighted by atomic mass is 9.92. The highest BCUT2D eigenvalue weighted by Crippen LogP contribution is 2.42. The van der Waals surface area contributed by atoms with Gasteiger partial charge in [-0.1, -0.05) is 37.1 Å². The van der Waals surface area contributed by atoms with Crippen LogP contribution in [0.4, 0.5) is 11.4 Å². The van der Waals surface area contributed by atoms with Gasteiger partial charge in [-0.05, 0) is 42.7 Å². The minimum absolute atomic E-state index is 0.165. The molecule has 0 bridgehead atoms. The highest BCUT2D eigenvalue weighted by atomic mass is 16.4. The largest absolute Gasteiger partial charge is 0.478 e. The molecule has 0 saturated heterocycles. The van der Waals surface area contributed by atoms with E-state index in [0.717, 1.165) is 18.7 Å². The van der Waals surface area contributed by atoms with Gasteiger partial charge in [0.05, 0.1) is 22.5 Å². The number of nitrogens with one attached hydrogen (secondary N) is 1. The second kappa shape index (κ2) is 5.86. The first-order valence-electron chi connectivity index (χ1n) is 8.60. The third kappa shape index (κ3) is 2.73. The molecule has 1 saturated carbocycles. The summed E-state index contributed by atoms with van der Waals surface area (Å²) in [4.78, 5) is 13.6. The summed E-state index contributed by atoms with van der Waals surface area (Å²) in [7, 11) is 0. The van der Waals surface area contributed by atoms with Crippen LogP contribution in [-0.2, 0) is 6.54 Å². The van der Waals surface area contributed by atoms with Crippen LogP contribution in [0.5, 0.6) is 0 Å². The highest BCUT2D eigenvalue weighted by molar-refractivity contribution is 5.87. The van der Waals surface area contributed by atoms with Gasteiger partial charge in [-0.2, -0.15) is 0 Å². The number of carboxylic acid groups (broad SMARTS) is 1. The Bertz CT molecular complexity index is 766. The van der Waals surface area contributed by atoms with Crippen molar-refractivity contribution in [3.8, 4) is 0 Å². The van der Waals surface area contributed by atoms with Crippen molar-refractivity contribution < 1.29 is 9.90 Å². The zero-order valence-corrected chi connectivity index (χ0v) is 13.7. The maximum atomic E-state index is 11.2. The molecule has 0 aromatic heterocycles. The van der Waals surface area contributed by atoms with E-state index in [2.05, 4.69) is 34.5 Å². The molecule has 2 aromatic carbocycles. The Kier molecular flexibility index (Phi) is 3.68. The van der Waals surface area contributed by atoms with Crippen LogP contribution in [-0.4, -0.2) is 23.2 Å². The second-order valence-electron chi connectivity index (χ2n) is 6.99. The van der Waals surface area contributed by atoms with Crippen molar-refractivity contribution in [3.05, 3.63) is 59.7 Å². The summed E-state index contributed by atoms with van der Waals surface area (Å²) >= 11 is 0. The van der Waals surface area contributed by atoms with Crippen molar-refractivity contribution in [1.29, 1.82) is 0 Å². The van der Waals surface area contributed by atoms with Crippen molar-refractivity contribution in [2.24, 2.45) is 0 Å². The Labute approximate surface area is 142 Å². The van der Waals surface area contributed by atoms with Crippen LogP contribution in [0.3, 0.4) is 0 Å². The number of carboxylic acids is 1. The van der Waals surface area contributed by atoms with E-state index in [0.29, 0.717) is 5.56 Å². The van der Waals surface area contributed by atoms with Gasteiger partial charge in [0.1, 0.15) is 0 Å². The lowest BCUT2D eigenvalue weighted by Crippen LogP contribution is -2.50. The smallest absolute Gasteiger partial charge is 0.335 e. The number of carbonyl (C=O) groups is 1. The topological polar surface area (TPSA) is 52.6 Å². The SMILES string of the molecule is O=C(O)c1cccc(CN2CC3(CCCC3)Nc3ccccc32)c1. The van der Waals surface area contributed by atoms with Crippen LogP contribution in [0.15, 0.2) is 48.5 Å².